The lowest BCUT2D eigenvalue weighted by atomic mass is 10.0. The molecule has 0 saturated carbocycles. The molecule has 3 saturated heterocycles. The molecule has 4 heterocycles. The number of aromatic nitrogens is 1. The van der Waals surface area contributed by atoms with Crippen molar-refractivity contribution in [2.45, 2.75) is 128 Å². The molecule has 0 bridgehead atoms. The molecule has 0 spiro atoms. The topological polar surface area (TPSA) is 278 Å². The maximum absolute atomic E-state index is 13.8. The third-order valence-corrected chi connectivity index (χ3v) is 14.8. The molecule has 23 heteroatoms. The maximum Gasteiger partial charge on any atom is 0.407 e. The van der Waals surface area contributed by atoms with Gasteiger partial charge in [0, 0.05) is 30.1 Å². The Morgan fingerprint density at radius 2 is 1.11 bits per heavy atom. The number of amides is 6. The minimum absolute atomic E-state index is 0.0621. The fourth-order valence-electron chi connectivity index (χ4n) is 10.0. The van der Waals surface area contributed by atoms with Crippen LogP contribution in [0.1, 0.15) is 113 Å². The molecular formula is C47H60N10O12S. The number of aryl methyl sites for hydroxylation is 2. The molecule has 1 aliphatic carbocycles. The highest BCUT2D eigenvalue weighted by Crippen LogP contribution is 2.50. The Morgan fingerprint density at radius 3 is 1.51 bits per heavy atom. The van der Waals surface area contributed by atoms with Crippen LogP contribution in [0.4, 0.5) is 37.5 Å². The summed E-state index contributed by atoms with van der Waals surface area (Å²) in [5.41, 5.74) is 1.23. The van der Waals surface area contributed by atoms with Crippen LogP contribution in [-0.4, -0.2) is 112 Å². The quantitative estimate of drug-likeness (QED) is 0.0930. The van der Waals surface area contributed by atoms with E-state index in [2.05, 4.69) is 26.2 Å². The number of ether oxygens (including phenoxy) is 2. The van der Waals surface area contributed by atoms with Crippen LogP contribution < -0.4 is 26.2 Å². The van der Waals surface area contributed by atoms with Crippen LogP contribution in [0.3, 0.4) is 0 Å². The van der Waals surface area contributed by atoms with Gasteiger partial charge in [-0.2, -0.15) is 0 Å². The lowest BCUT2D eigenvalue weighted by molar-refractivity contribution is -0.384. The number of nitro groups is 2. The lowest BCUT2D eigenvalue weighted by Gasteiger charge is -2.31. The number of carbonyl (C=O) groups is 6. The summed E-state index contributed by atoms with van der Waals surface area (Å²) in [6.07, 6.45) is 4.64. The first kappa shape index (κ1) is 51.0. The molecule has 1 unspecified atom stereocenters. The molecule has 3 aromatic rings. The third kappa shape index (κ3) is 10.8. The summed E-state index contributed by atoms with van der Waals surface area (Å²) in [6, 6.07) is 4.42. The zero-order valence-corrected chi connectivity index (χ0v) is 40.9. The van der Waals surface area contributed by atoms with Gasteiger partial charge in [-0.25, -0.2) is 14.6 Å². The molecule has 7 rings (SSSR count). The SMILES string of the molecule is COC(=O)N[C@H](C(=O)N1CCCC1C(=O)Nc1ccc([C@H]2CC[C@H](c3ccc(NC(=O)[C@@H]4CCCN4C(=O)[C@@H](NC(=O)OC)C(C)C)c([N+](=O)[O-])c3)N2c2nc3c(s2)CCCC3)cc1[N+](=O)[O-])C(C)C. The molecule has 0 radical (unpaired) electrons. The van der Waals surface area contributed by atoms with E-state index >= 15 is 0 Å². The molecule has 4 N–H and O–H groups in total. The van der Waals surface area contributed by atoms with Crippen molar-refractivity contribution in [2.75, 3.05) is 42.8 Å². The van der Waals surface area contributed by atoms with Crippen molar-refractivity contribution in [2.24, 2.45) is 11.8 Å². The molecule has 22 nitrogen and oxygen atoms in total. The van der Waals surface area contributed by atoms with Crippen molar-refractivity contribution in [1.82, 2.24) is 25.4 Å². The number of fused-ring (bicyclic) bond motifs is 1. The number of anilines is 3. The first-order valence-electron chi connectivity index (χ1n) is 23.7. The van der Waals surface area contributed by atoms with Crippen LogP contribution in [0.5, 0.6) is 0 Å². The molecule has 1 aromatic heterocycles. The maximum atomic E-state index is 13.8. The highest BCUT2D eigenvalue weighted by atomic mass is 32.1. The highest BCUT2D eigenvalue weighted by molar-refractivity contribution is 7.15. The van der Waals surface area contributed by atoms with E-state index in [0.29, 0.717) is 54.8 Å². The van der Waals surface area contributed by atoms with Gasteiger partial charge >= 0.3 is 12.2 Å². The number of nitrogens with zero attached hydrogens (tertiary/aromatic N) is 6. The van der Waals surface area contributed by atoms with Gasteiger partial charge in [0.1, 0.15) is 35.5 Å². The lowest BCUT2D eigenvalue weighted by Crippen LogP contribution is -2.54. The second kappa shape index (κ2) is 21.8. The van der Waals surface area contributed by atoms with Crippen molar-refractivity contribution in [3.05, 3.63) is 78.3 Å². The summed E-state index contributed by atoms with van der Waals surface area (Å²) in [5.74, 6) is -2.81. The number of alkyl carbamates (subject to hydrolysis) is 2. The minimum atomic E-state index is -0.963. The summed E-state index contributed by atoms with van der Waals surface area (Å²) in [4.78, 5) is 115. The van der Waals surface area contributed by atoms with Gasteiger partial charge in [-0.05, 0) is 99.3 Å². The Labute approximate surface area is 408 Å². The fraction of sp³-hybridized carbons (Fsp3) is 0.553. The van der Waals surface area contributed by atoms with Gasteiger partial charge < -0.3 is 45.4 Å². The number of rotatable bonds is 15. The number of thiazole rings is 1. The second-order valence-corrected chi connectivity index (χ2v) is 19.8. The summed E-state index contributed by atoms with van der Waals surface area (Å²) in [5, 5.41) is 36.7. The number of methoxy groups -OCH3 is 2. The molecule has 2 aromatic carbocycles. The standard InChI is InChI=1S/C47H60N10O12S/c1-25(2)39(51-46(62)68-5)43(60)53-21-9-12-34(53)41(58)48-29-17-15-27(23-36(29)56(64)65)32-19-20-33(55(32)45-50-31-11-7-8-14-38(31)70-45)28-16-18-30(37(24-28)57(66)67)49-42(59)35-13-10-22-54(35)44(61)40(26(3)4)52-47(63)69-6/h15-18,23-26,32-35,39-40H,7-14,19-22H2,1-6H3,(H,48,58)(H,49,59)(H,51,62)(H,52,63)/t32-,33-,34+,35?,39+,40+/m1/s1. The average Bonchev–Trinajstić information content (AvgIpc) is 4.18. The molecule has 3 fully saturated rings. The van der Waals surface area contributed by atoms with Crippen molar-refractivity contribution in [1.29, 1.82) is 0 Å². The van der Waals surface area contributed by atoms with Crippen LogP contribution >= 0.6 is 11.3 Å². The van der Waals surface area contributed by atoms with Gasteiger partial charge in [0.15, 0.2) is 5.13 Å². The van der Waals surface area contributed by atoms with Gasteiger partial charge in [0.05, 0.1) is 41.8 Å². The monoisotopic (exact) mass is 988 g/mol. The van der Waals surface area contributed by atoms with Crippen LogP contribution in [0.25, 0.3) is 0 Å². The number of hydrogen-bond acceptors (Lipinski definition) is 15. The molecule has 4 aliphatic rings. The number of carbonyl (C=O) groups excluding carboxylic acids is 6. The van der Waals surface area contributed by atoms with Crippen molar-refractivity contribution in [3.8, 4) is 0 Å². The Balaban J connectivity index is 1.15. The van der Waals surface area contributed by atoms with Gasteiger partial charge in [-0.3, -0.25) is 39.4 Å². The van der Waals surface area contributed by atoms with Crippen LogP contribution in [0.15, 0.2) is 36.4 Å². The summed E-state index contributed by atoms with van der Waals surface area (Å²) in [6.45, 7) is 7.52. The second-order valence-electron chi connectivity index (χ2n) is 18.7. The van der Waals surface area contributed by atoms with Crippen LogP contribution in [0, 0.1) is 32.1 Å². The van der Waals surface area contributed by atoms with E-state index < -0.39 is 81.9 Å². The molecule has 70 heavy (non-hydrogen) atoms. The number of nitro benzene ring substituents is 2. The Kier molecular flexibility index (Phi) is 15.9. The van der Waals surface area contributed by atoms with E-state index in [9.17, 15) is 49.0 Å². The number of likely N-dealkylation sites (tertiary alicyclic amines) is 2. The molecule has 3 aliphatic heterocycles. The zero-order chi connectivity index (χ0) is 50.6. The normalized spacial score (nSPS) is 20.7. The third-order valence-electron chi connectivity index (χ3n) is 13.6. The number of benzene rings is 2. The Morgan fingerprint density at radius 1 is 0.671 bits per heavy atom. The van der Waals surface area contributed by atoms with Crippen molar-refractivity contribution < 1.29 is 48.1 Å². The van der Waals surface area contributed by atoms with Crippen molar-refractivity contribution in [3.63, 3.8) is 0 Å². The van der Waals surface area contributed by atoms with E-state index in [-0.39, 0.29) is 47.7 Å². The molecule has 6 amide bonds. The molecule has 376 valence electrons. The fourth-order valence-corrected chi connectivity index (χ4v) is 11.2. The predicted molar refractivity (Wildman–Crippen MR) is 257 cm³/mol. The first-order valence-corrected chi connectivity index (χ1v) is 24.5. The van der Waals surface area contributed by atoms with Gasteiger partial charge in [0.2, 0.25) is 23.6 Å². The number of hydrogen-bond donors (Lipinski definition) is 4. The molecular weight excluding hydrogens is 929 g/mol. The van der Waals surface area contributed by atoms with Gasteiger partial charge in [-0.1, -0.05) is 39.8 Å². The van der Waals surface area contributed by atoms with Crippen LogP contribution in [-0.2, 0) is 41.5 Å². The first-order chi connectivity index (χ1) is 33.4. The zero-order valence-electron chi connectivity index (χ0n) is 40.1. The highest BCUT2D eigenvalue weighted by Gasteiger charge is 2.43. The van der Waals surface area contributed by atoms with E-state index in [1.807, 2.05) is 0 Å². The minimum Gasteiger partial charge on any atom is -0.453 e. The predicted octanol–water partition coefficient (Wildman–Crippen LogP) is 6.54. The summed E-state index contributed by atoms with van der Waals surface area (Å²) in [7, 11) is 2.37. The van der Waals surface area contributed by atoms with Crippen LogP contribution in [0.2, 0.25) is 0 Å². The van der Waals surface area contributed by atoms with Gasteiger partial charge in [0.25, 0.3) is 11.4 Å². The summed E-state index contributed by atoms with van der Waals surface area (Å²) >= 11 is 1.53. The summed E-state index contributed by atoms with van der Waals surface area (Å²) < 4.78 is 9.41. The van der Waals surface area contributed by atoms with E-state index in [0.717, 1.165) is 36.3 Å². The largest absolute Gasteiger partial charge is 0.453 e. The Bertz CT molecular complexity index is 2370. The van der Waals surface area contributed by atoms with E-state index in [1.54, 1.807) is 39.8 Å². The molecule has 6 atom stereocenters. The smallest absolute Gasteiger partial charge is 0.407 e. The van der Waals surface area contributed by atoms with E-state index in [4.69, 9.17) is 14.5 Å². The van der Waals surface area contributed by atoms with Gasteiger partial charge in [-0.15, -0.1) is 11.3 Å². The van der Waals surface area contributed by atoms with E-state index in [1.165, 1.54) is 59.6 Å². The van der Waals surface area contributed by atoms with Crippen molar-refractivity contribution >= 4 is 75.0 Å². The number of nitrogens with one attached hydrogen (secondary N) is 4. The Hall–Kier alpha value is -6.91. The average molecular weight is 989 g/mol.